The molecule has 0 aromatic heterocycles. The zero-order valence-electron chi connectivity index (χ0n) is 25.0. The van der Waals surface area contributed by atoms with Gasteiger partial charge in [0.1, 0.15) is 5.75 Å². The zero-order chi connectivity index (χ0) is 30.5. The van der Waals surface area contributed by atoms with Crippen LogP contribution in [0.3, 0.4) is 0 Å². The Kier molecular flexibility index (Phi) is 13.3. The fraction of sp³-hybridized carbons (Fsp3) is 0.625. The van der Waals surface area contributed by atoms with Gasteiger partial charge in [-0.1, -0.05) is 50.7 Å². The standard InChI is InChI=1S/C28H43N3O3.C4H4O4/c1-21(19-24-20-30(18-17-29-24)25-15-9-10-16-26(25)34-2)31(27(32)22-11-5-3-6-12-22)28(33)23-13-7-4-8-14-23;5-3(6)1-2-4(7)8/h9-10,15-16,21-24,29H,3-8,11-14,17-20H2,1-2H3;1-2H,(H,5,6)(H,7,8)/b;2-1+/t21-,24?;/m1./s1. The maximum Gasteiger partial charge on any atom is 0.328 e. The molecule has 0 bridgehead atoms. The number of anilines is 1. The Morgan fingerprint density at radius 3 is 1.95 bits per heavy atom. The third-order valence-electron chi connectivity index (χ3n) is 8.50. The first-order valence-corrected chi connectivity index (χ1v) is 15.3. The molecular formula is C32H47N3O7. The molecule has 3 fully saturated rings. The number of carbonyl (C=O) groups excluding carboxylic acids is 2. The SMILES string of the molecule is COc1ccccc1N1CCNC(C[C@@H](C)N(C(=O)C2CCCCC2)C(=O)C2CCCCC2)C1.O=C(O)/C=C/C(=O)O. The summed E-state index contributed by atoms with van der Waals surface area (Å²) in [5.41, 5.74) is 1.11. The molecule has 2 saturated carbocycles. The number of benzene rings is 1. The number of nitrogens with one attached hydrogen (secondary N) is 1. The highest BCUT2D eigenvalue weighted by atomic mass is 16.5. The van der Waals surface area contributed by atoms with Gasteiger partial charge in [0.05, 0.1) is 12.8 Å². The van der Waals surface area contributed by atoms with Gasteiger partial charge < -0.3 is 25.2 Å². The van der Waals surface area contributed by atoms with Crippen LogP contribution >= 0.6 is 0 Å². The summed E-state index contributed by atoms with van der Waals surface area (Å²) < 4.78 is 5.59. The van der Waals surface area contributed by atoms with Crippen LogP contribution in [0.5, 0.6) is 5.75 Å². The first-order chi connectivity index (χ1) is 20.2. The molecule has 0 spiro atoms. The molecule has 3 N–H and O–H groups in total. The fourth-order valence-electron chi connectivity index (χ4n) is 6.39. The average Bonchev–Trinajstić information content (AvgIpc) is 3.01. The van der Waals surface area contributed by atoms with Gasteiger partial charge in [-0.05, 0) is 51.2 Å². The highest BCUT2D eigenvalue weighted by Crippen LogP contribution is 2.32. The van der Waals surface area contributed by atoms with E-state index in [9.17, 15) is 19.2 Å². The second-order valence-corrected chi connectivity index (χ2v) is 11.6. The van der Waals surface area contributed by atoms with E-state index in [4.69, 9.17) is 14.9 Å². The van der Waals surface area contributed by atoms with Crippen molar-refractivity contribution in [2.24, 2.45) is 11.8 Å². The minimum atomic E-state index is -1.26. The van der Waals surface area contributed by atoms with E-state index < -0.39 is 11.9 Å². The summed E-state index contributed by atoms with van der Waals surface area (Å²) >= 11 is 0. The van der Waals surface area contributed by atoms with Gasteiger partial charge >= 0.3 is 11.9 Å². The molecule has 2 atom stereocenters. The molecule has 1 heterocycles. The second-order valence-electron chi connectivity index (χ2n) is 11.6. The van der Waals surface area contributed by atoms with E-state index in [1.54, 1.807) is 12.0 Å². The van der Waals surface area contributed by atoms with E-state index in [0.29, 0.717) is 12.2 Å². The molecule has 1 unspecified atom stereocenters. The zero-order valence-corrected chi connectivity index (χ0v) is 25.0. The van der Waals surface area contributed by atoms with Gasteiger partial charge in [0.25, 0.3) is 0 Å². The number of aliphatic carboxylic acids is 2. The van der Waals surface area contributed by atoms with Gasteiger partial charge in [-0.2, -0.15) is 0 Å². The van der Waals surface area contributed by atoms with Crippen molar-refractivity contribution in [3.05, 3.63) is 36.4 Å². The summed E-state index contributed by atoms with van der Waals surface area (Å²) in [6.07, 6.45) is 12.5. The number of rotatable bonds is 9. The monoisotopic (exact) mass is 585 g/mol. The number of hydrogen-bond donors (Lipinski definition) is 3. The highest BCUT2D eigenvalue weighted by Gasteiger charge is 2.38. The van der Waals surface area contributed by atoms with Crippen LogP contribution in [-0.2, 0) is 19.2 Å². The normalized spacial score (nSPS) is 20.7. The number of carboxylic acid groups (broad SMARTS) is 2. The number of carboxylic acids is 2. The molecule has 10 heteroatoms. The lowest BCUT2D eigenvalue weighted by molar-refractivity contribution is -0.154. The van der Waals surface area contributed by atoms with Crippen LogP contribution < -0.4 is 15.0 Å². The molecule has 0 radical (unpaired) electrons. The van der Waals surface area contributed by atoms with Crippen LogP contribution in [0.15, 0.2) is 36.4 Å². The Morgan fingerprint density at radius 2 is 1.45 bits per heavy atom. The maximum atomic E-state index is 13.7. The number of imide groups is 1. The first-order valence-electron chi connectivity index (χ1n) is 15.3. The van der Waals surface area contributed by atoms with Crippen LogP contribution in [0, 0.1) is 11.8 Å². The number of amides is 2. The minimum absolute atomic E-state index is 0.0214. The van der Waals surface area contributed by atoms with E-state index >= 15 is 0 Å². The lowest BCUT2D eigenvalue weighted by Crippen LogP contribution is -2.55. The number of ether oxygens (including phenoxy) is 1. The quantitative estimate of drug-likeness (QED) is 0.283. The van der Waals surface area contributed by atoms with Crippen molar-refractivity contribution in [1.29, 1.82) is 0 Å². The number of piperazine rings is 1. The summed E-state index contributed by atoms with van der Waals surface area (Å²) in [5, 5.41) is 19.3. The fourth-order valence-corrected chi connectivity index (χ4v) is 6.39. The van der Waals surface area contributed by atoms with Gasteiger partial charge in [0, 0.05) is 55.7 Å². The third kappa shape index (κ3) is 9.86. The van der Waals surface area contributed by atoms with Crippen LogP contribution in [0.25, 0.3) is 0 Å². The van der Waals surface area contributed by atoms with Crippen molar-refractivity contribution in [2.45, 2.75) is 89.6 Å². The molecular weight excluding hydrogens is 538 g/mol. The van der Waals surface area contributed by atoms with Crippen molar-refractivity contribution >= 4 is 29.4 Å². The van der Waals surface area contributed by atoms with Gasteiger partial charge in [0.2, 0.25) is 11.8 Å². The Balaban J connectivity index is 0.000000531. The van der Waals surface area contributed by atoms with E-state index in [0.717, 1.165) is 88.9 Å². The summed E-state index contributed by atoms with van der Waals surface area (Å²) in [6.45, 7) is 4.72. The lowest BCUT2D eigenvalue weighted by Gasteiger charge is -2.40. The van der Waals surface area contributed by atoms with Crippen molar-refractivity contribution in [1.82, 2.24) is 10.2 Å². The highest BCUT2D eigenvalue weighted by molar-refractivity contribution is 5.98. The number of para-hydroxylation sites is 2. The van der Waals surface area contributed by atoms with Crippen molar-refractivity contribution < 1.29 is 34.1 Å². The van der Waals surface area contributed by atoms with Gasteiger partial charge in [-0.15, -0.1) is 0 Å². The predicted octanol–water partition coefficient (Wildman–Crippen LogP) is 4.48. The van der Waals surface area contributed by atoms with Crippen LogP contribution in [0.1, 0.15) is 77.6 Å². The summed E-state index contributed by atoms with van der Waals surface area (Å²) in [6, 6.07) is 8.27. The van der Waals surface area contributed by atoms with Crippen LogP contribution in [0.2, 0.25) is 0 Å². The second kappa shape index (κ2) is 16.9. The van der Waals surface area contributed by atoms with E-state index in [1.807, 2.05) is 18.2 Å². The average molecular weight is 586 g/mol. The van der Waals surface area contributed by atoms with Gasteiger partial charge in [-0.3, -0.25) is 14.5 Å². The van der Waals surface area contributed by atoms with Crippen LogP contribution in [-0.4, -0.2) is 77.7 Å². The number of methoxy groups -OCH3 is 1. The van der Waals surface area contributed by atoms with Crippen molar-refractivity contribution in [2.75, 3.05) is 31.6 Å². The molecule has 10 nitrogen and oxygen atoms in total. The molecule has 1 saturated heterocycles. The Bertz CT molecular complexity index is 1030. The Hall–Kier alpha value is -3.40. The predicted molar refractivity (Wildman–Crippen MR) is 160 cm³/mol. The summed E-state index contributed by atoms with van der Waals surface area (Å²) in [5.74, 6) is -1.39. The molecule has 4 rings (SSSR count). The molecule has 2 amide bonds. The van der Waals surface area contributed by atoms with Crippen LogP contribution in [0.4, 0.5) is 5.69 Å². The number of hydrogen-bond acceptors (Lipinski definition) is 7. The smallest absolute Gasteiger partial charge is 0.328 e. The van der Waals surface area contributed by atoms with E-state index in [2.05, 4.69) is 23.2 Å². The molecule has 2 aliphatic carbocycles. The molecule has 1 aliphatic heterocycles. The molecule has 1 aromatic carbocycles. The third-order valence-corrected chi connectivity index (χ3v) is 8.50. The number of carbonyl (C=O) groups is 4. The first kappa shape index (κ1) is 33.1. The van der Waals surface area contributed by atoms with E-state index in [1.165, 1.54) is 12.8 Å². The van der Waals surface area contributed by atoms with Crippen molar-refractivity contribution in [3.8, 4) is 5.75 Å². The molecule has 3 aliphatic rings. The Labute approximate surface area is 249 Å². The van der Waals surface area contributed by atoms with Gasteiger partial charge in [-0.25, -0.2) is 9.59 Å². The van der Waals surface area contributed by atoms with Crippen molar-refractivity contribution in [3.63, 3.8) is 0 Å². The number of nitrogens with zero attached hydrogens (tertiary/aromatic N) is 2. The summed E-state index contributed by atoms with van der Waals surface area (Å²) in [4.78, 5) is 50.6. The lowest BCUT2D eigenvalue weighted by atomic mass is 9.85. The maximum absolute atomic E-state index is 13.7. The largest absolute Gasteiger partial charge is 0.495 e. The Morgan fingerprint density at radius 1 is 0.929 bits per heavy atom. The molecule has 42 heavy (non-hydrogen) atoms. The van der Waals surface area contributed by atoms with E-state index in [-0.39, 0.29) is 35.7 Å². The molecule has 1 aromatic rings. The summed E-state index contributed by atoms with van der Waals surface area (Å²) in [7, 11) is 1.71. The minimum Gasteiger partial charge on any atom is -0.495 e. The van der Waals surface area contributed by atoms with Gasteiger partial charge in [0.15, 0.2) is 0 Å². The molecule has 232 valence electrons. The topological polar surface area (TPSA) is 136 Å².